The number of thiophene rings is 1. The summed E-state index contributed by atoms with van der Waals surface area (Å²) in [5.74, 6) is 0. The van der Waals surface area contributed by atoms with Crippen molar-refractivity contribution in [2.75, 3.05) is 39.3 Å². The zero-order valence-corrected chi connectivity index (χ0v) is 13.2. The first kappa shape index (κ1) is 15.9. The van der Waals surface area contributed by atoms with E-state index in [0.29, 0.717) is 6.04 Å². The lowest BCUT2D eigenvalue weighted by Crippen LogP contribution is -2.42. The molecule has 0 radical (unpaired) electrons. The number of aliphatic hydroxyl groups excluding tert-OH is 1. The largest absolute Gasteiger partial charge is 0.395 e. The van der Waals surface area contributed by atoms with Gasteiger partial charge < -0.3 is 10.8 Å². The van der Waals surface area contributed by atoms with Gasteiger partial charge in [-0.15, -0.1) is 11.3 Å². The molecule has 4 nitrogen and oxygen atoms in total. The Labute approximate surface area is 126 Å². The van der Waals surface area contributed by atoms with Crippen LogP contribution in [0.4, 0.5) is 0 Å². The molecule has 1 aliphatic rings. The minimum absolute atomic E-state index is 0.193. The van der Waals surface area contributed by atoms with E-state index >= 15 is 0 Å². The Kier molecular flexibility index (Phi) is 6.45. The third-order valence-corrected chi connectivity index (χ3v) is 5.09. The molecular formula is C15H27N3OS. The van der Waals surface area contributed by atoms with E-state index in [1.54, 1.807) is 0 Å². The van der Waals surface area contributed by atoms with E-state index in [2.05, 4.69) is 34.2 Å². The molecule has 3 N–H and O–H groups in total. The SMILES string of the molecule is CCC(N)C(c1cccs1)N1CCCN(CCO)CC1. The van der Waals surface area contributed by atoms with Crippen LogP contribution in [0, 0.1) is 0 Å². The molecule has 1 aromatic heterocycles. The van der Waals surface area contributed by atoms with Gasteiger partial charge in [0.05, 0.1) is 12.6 Å². The Balaban J connectivity index is 2.05. The van der Waals surface area contributed by atoms with Crippen LogP contribution in [0.15, 0.2) is 17.5 Å². The van der Waals surface area contributed by atoms with Gasteiger partial charge in [0.25, 0.3) is 0 Å². The minimum Gasteiger partial charge on any atom is -0.395 e. The average molecular weight is 297 g/mol. The molecule has 20 heavy (non-hydrogen) atoms. The predicted octanol–water partition coefficient (Wildman–Crippen LogP) is 1.53. The monoisotopic (exact) mass is 297 g/mol. The Morgan fingerprint density at radius 2 is 2.20 bits per heavy atom. The second-order valence-corrected chi connectivity index (χ2v) is 6.47. The first-order valence-electron chi connectivity index (χ1n) is 7.62. The van der Waals surface area contributed by atoms with Crippen LogP contribution in [-0.4, -0.2) is 60.3 Å². The van der Waals surface area contributed by atoms with Crippen LogP contribution in [0.25, 0.3) is 0 Å². The van der Waals surface area contributed by atoms with Gasteiger partial charge >= 0.3 is 0 Å². The molecule has 1 saturated heterocycles. The quantitative estimate of drug-likeness (QED) is 0.836. The standard InChI is InChI=1S/C15H27N3OS/c1-2-13(16)15(14-5-3-12-20-14)18-7-4-6-17(8-9-18)10-11-19/h3,5,12-13,15,19H,2,4,6-11,16H2,1H3. The van der Waals surface area contributed by atoms with Crippen LogP contribution in [0.5, 0.6) is 0 Å². The van der Waals surface area contributed by atoms with Crippen molar-refractivity contribution in [3.63, 3.8) is 0 Å². The Hall–Kier alpha value is -0.460. The second-order valence-electron chi connectivity index (χ2n) is 5.49. The number of hydrogen-bond acceptors (Lipinski definition) is 5. The van der Waals surface area contributed by atoms with E-state index in [9.17, 15) is 0 Å². The molecule has 2 heterocycles. The van der Waals surface area contributed by atoms with Gasteiger partial charge in [0.1, 0.15) is 0 Å². The molecule has 2 unspecified atom stereocenters. The first-order valence-corrected chi connectivity index (χ1v) is 8.50. The molecule has 1 fully saturated rings. The van der Waals surface area contributed by atoms with E-state index in [4.69, 9.17) is 10.8 Å². The highest BCUT2D eigenvalue weighted by atomic mass is 32.1. The number of aliphatic hydroxyl groups is 1. The first-order chi connectivity index (χ1) is 9.76. The van der Waals surface area contributed by atoms with Crippen molar-refractivity contribution in [1.29, 1.82) is 0 Å². The van der Waals surface area contributed by atoms with Crippen molar-refractivity contribution >= 4 is 11.3 Å². The maximum Gasteiger partial charge on any atom is 0.0593 e. The number of β-amino-alcohol motifs (C(OH)–C–C–N with tert-alkyl or cyclic N) is 1. The van der Waals surface area contributed by atoms with Gasteiger partial charge in [-0.25, -0.2) is 0 Å². The van der Waals surface area contributed by atoms with E-state index in [0.717, 1.165) is 45.6 Å². The fourth-order valence-electron chi connectivity index (χ4n) is 2.98. The zero-order chi connectivity index (χ0) is 14.4. The van der Waals surface area contributed by atoms with Crippen LogP contribution in [0.3, 0.4) is 0 Å². The van der Waals surface area contributed by atoms with Gasteiger partial charge in [-0.1, -0.05) is 13.0 Å². The fraction of sp³-hybridized carbons (Fsp3) is 0.733. The number of hydrogen-bond donors (Lipinski definition) is 2. The third-order valence-electron chi connectivity index (χ3n) is 4.14. The summed E-state index contributed by atoms with van der Waals surface area (Å²) < 4.78 is 0. The topological polar surface area (TPSA) is 52.7 Å². The van der Waals surface area contributed by atoms with Crippen LogP contribution >= 0.6 is 11.3 Å². The lowest BCUT2D eigenvalue weighted by molar-refractivity contribution is 0.166. The van der Waals surface area contributed by atoms with Crippen LogP contribution in [-0.2, 0) is 0 Å². The molecular weight excluding hydrogens is 270 g/mol. The summed E-state index contributed by atoms with van der Waals surface area (Å²) >= 11 is 1.81. The van der Waals surface area contributed by atoms with Crippen molar-refractivity contribution in [3.05, 3.63) is 22.4 Å². The van der Waals surface area contributed by atoms with Crippen LogP contribution in [0.2, 0.25) is 0 Å². The van der Waals surface area contributed by atoms with Crippen LogP contribution < -0.4 is 5.73 Å². The summed E-state index contributed by atoms with van der Waals surface area (Å²) in [5.41, 5.74) is 6.40. The highest BCUT2D eigenvalue weighted by Crippen LogP contribution is 2.29. The van der Waals surface area contributed by atoms with Crippen molar-refractivity contribution in [2.24, 2.45) is 5.73 Å². The van der Waals surface area contributed by atoms with Crippen molar-refractivity contribution in [3.8, 4) is 0 Å². The summed E-state index contributed by atoms with van der Waals surface area (Å²) in [5, 5.41) is 11.2. The van der Waals surface area contributed by atoms with Crippen molar-refractivity contribution in [2.45, 2.75) is 31.8 Å². The molecule has 1 aromatic rings. The lowest BCUT2D eigenvalue weighted by atomic mass is 10.0. The lowest BCUT2D eigenvalue weighted by Gasteiger charge is -2.34. The van der Waals surface area contributed by atoms with Gasteiger partial charge in [0.15, 0.2) is 0 Å². The van der Waals surface area contributed by atoms with Crippen molar-refractivity contribution in [1.82, 2.24) is 9.80 Å². The summed E-state index contributed by atoms with van der Waals surface area (Å²) in [7, 11) is 0. The van der Waals surface area contributed by atoms with Gasteiger partial charge in [0, 0.05) is 37.1 Å². The molecule has 0 aromatic carbocycles. The number of nitrogens with zero attached hydrogens (tertiary/aromatic N) is 2. The van der Waals surface area contributed by atoms with Crippen LogP contribution in [0.1, 0.15) is 30.7 Å². The molecule has 1 aliphatic heterocycles. The van der Waals surface area contributed by atoms with E-state index in [-0.39, 0.29) is 12.6 Å². The fourth-order valence-corrected chi connectivity index (χ4v) is 3.91. The molecule has 0 aliphatic carbocycles. The van der Waals surface area contributed by atoms with Gasteiger partial charge in [-0.3, -0.25) is 9.80 Å². The minimum atomic E-state index is 0.193. The summed E-state index contributed by atoms with van der Waals surface area (Å²) in [6.07, 6.45) is 2.15. The van der Waals surface area contributed by atoms with E-state index in [1.165, 1.54) is 4.88 Å². The average Bonchev–Trinajstić information content (AvgIpc) is 2.88. The molecule has 0 saturated carbocycles. The molecule has 2 atom stereocenters. The smallest absolute Gasteiger partial charge is 0.0593 e. The molecule has 5 heteroatoms. The molecule has 0 bridgehead atoms. The summed E-state index contributed by atoms with van der Waals surface area (Å²) in [6.45, 7) is 7.45. The Morgan fingerprint density at radius 1 is 1.35 bits per heavy atom. The Morgan fingerprint density at radius 3 is 2.85 bits per heavy atom. The Bertz CT molecular complexity index is 371. The van der Waals surface area contributed by atoms with Gasteiger partial charge in [0.2, 0.25) is 0 Å². The predicted molar refractivity (Wildman–Crippen MR) is 85.0 cm³/mol. The molecule has 0 amide bonds. The normalized spacial score (nSPS) is 21.6. The highest BCUT2D eigenvalue weighted by Gasteiger charge is 2.28. The van der Waals surface area contributed by atoms with Gasteiger partial charge in [-0.2, -0.15) is 0 Å². The third kappa shape index (κ3) is 4.02. The number of rotatable bonds is 6. The molecule has 0 spiro atoms. The zero-order valence-electron chi connectivity index (χ0n) is 12.4. The van der Waals surface area contributed by atoms with E-state index in [1.807, 2.05) is 11.3 Å². The highest BCUT2D eigenvalue weighted by molar-refractivity contribution is 7.10. The van der Waals surface area contributed by atoms with Gasteiger partial charge in [-0.05, 0) is 30.8 Å². The maximum absolute atomic E-state index is 9.09. The summed E-state index contributed by atoms with van der Waals surface area (Å²) in [4.78, 5) is 6.27. The second kappa shape index (κ2) is 8.10. The molecule has 114 valence electrons. The van der Waals surface area contributed by atoms with Crippen molar-refractivity contribution < 1.29 is 5.11 Å². The molecule has 2 rings (SSSR count). The van der Waals surface area contributed by atoms with E-state index < -0.39 is 0 Å². The number of nitrogens with two attached hydrogens (primary N) is 1. The maximum atomic E-state index is 9.09. The summed E-state index contributed by atoms with van der Waals surface area (Å²) in [6, 6.07) is 4.86.